The number of thiocarbonyl (C=S) groups is 1. The molecule has 84 valence electrons. The SMILES string of the molecule is CCCCCCCCCCCC([O-])=S.[Na+]. The molecule has 0 radical (unpaired) electrons. The van der Waals surface area contributed by atoms with Gasteiger partial charge in [-0.1, -0.05) is 63.3 Å². The number of hydrogen-bond acceptors (Lipinski definition) is 2. The van der Waals surface area contributed by atoms with Crippen molar-refractivity contribution in [2.45, 2.75) is 71.1 Å². The Kier molecular flexibility index (Phi) is 18.1. The zero-order chi connectivity index (χ0) is 10.6. The molecule has 0 spiro atoms. The Morgan fingerprint density at radius 3 is 1.67 bits per heavy atom. The van der Waals surface area contributed by atoms with Crippen LogP contribution in [0.15, 0.2) is 0 Å². The van der Waals surface area contributed by atoms with Crippen LogP contribution in [0.3, 0.4) is 0 Å². The molecule has 0 fully saturated rings. The molecule has 0 aromatic rings. The van der Waals surface area contributed by atoms with Gasteiger partial charge >= 0.3 is 29.6 Å². The summed E-state index contributed by atoms with van der Waals surface area (Å²) in [6, 6.07) is 0. The van der Waals surface area contributed by atoms with E-state index >= 15 is 0 Å². The second-order valence-corrected chi connectivity index (χ2v) is 4.41. The van der Waals surface area contributed by atoms with Gasteiger partial charge in [-0.25, -0.2) is 0 Å². The molecule has 0 atom stereocenters. The third kappa shape index (κ3) is 17.5. The number of hydrogen-bond donors (Lipinski definition) is 0. The molecule has 0 aromatic heterocycles. The molecule has 15 heavy (non-hydrogen) atoms. The van der Waals surface area contributed by atoms with Gasteiger partial charge in [0, 0.05) is 0 Å². The Balaban J connectivity index is 0. The summed E-state index contributed by atoms with van der Waals surface area (Å²) in [5.74, 6) is 0. The van der Waals surface area contributed by atoms with E-state index in [1.807, 2.05) is 0 Å². The molecule has 0 aromatic carbocycles. The van der Waals surface area contributed by atoms with Crippen molar-refractivity contribution in [2.75, 3.05) is 0 Å². The maximum atomic E-state index is 10.5. The maximum Gasteiger partial charge on any atom is 1.00 e. The first kappa shape index (κ1) is 18.3. The summed E-state index contributed by atoms with van der Waals surface area (Å²) >= 11 is 4.49. The first-order valence-electron chi connectivity index (χ1n) is 5.97. The summed E-state index contributed by atoms with van der Waals surface area (Å²) in [7, 11) is 0. The molecule has 0 aliphatic carbocycles. The predicted molar refractivity (Wildman–Crippen MR) is 64.4 cm³/mol. The van der Waals surface area contributed by atoms with Gasteiger partial charge in [0.15, 0.2) is 0 Å². The monoisotopic (exact) mass is 238 g/mol. The van der Waals surface area contributed by atoms with E-state index in [1.54, 1.807) is 0 Å². The summed E-state index contributed by atoms with van der Waals surface area (Å²) in [5.41, 5.74) is 0. The van der Waals surface area contributed by atoms with Crippen LogP contribution in [0.4, 0.5) is 0 Å². The summed E-state index contributed by atoms with van der Waals surface area (Å²) in [4.78, 5) is 0. The molecule has 0 aliphatic rings. The quantitative estimate of drug-likeness (QED) is 0.316. The maximum absolute atomic E-state index is 10.5. The standard InChI is InChI=1S/C12H24OS.Na/c1-2-3-4-5-6-7-8-9-10-11-12(13)14;/h2-11H2,1H3,(H,13,14);/q;+1/p-1. The minimum Gasteiger partial charge on any atom is -0.867 e. The van der Waals surface area contributed by atoms with Crippen molar-refractivity contribution in [2.24, 2.45) is 0 Å². The average molecular weight is 238 g/mol. The zero-order valence-electron chi connectivity index (χ0n) is 10.4. The third-order valence-electron chi connectivity index (χ3n) is 2.48. The number of rotatable bonds is 10. The van der Waals surface area contributed by atoms with Gasteiger partial charge in [-0.3, -0.25) is 0 Å². The molecule has 0 unspecified atom stereocenters. The van der Waals surface area contributed by atoms with E-state index < -0.39 is 0 Å². The van der Waals surface area contributed by atoms with E-state index in [2.05, 4.69) is 19.1 Å². The normalized spacial score (nSPS) is 9.67. The van der Waals surface area contributed by atoms with Crippen LogP contribution in [0.1, 0.15) is 71.1 Å². The smallest absolute Gasteiger partial charge is 0.867 e. The predicted octanol–water partition coefficient (Wildman–Crippen LogP) is 0.599. The summed E-state index contributed by atoms with van der Waals surface area (Å²) in [6.07, 6.45) is 12.2. The molecule has 3 heteroatoms. The van der Waals surface area contributed by atoms with Gasteiger partial charge in [0.2, 0.25) is 0 Å². The fourth-order valence-electron chi connectivity index (χ4n) is 1.58. The van der Waals surface area contributed by atoms with Crippen LogP contribution in [0, 0.1) is 0 Å². The average Bonchev–Trinajstić information content (AvgIpc) is 2.15. The Labute approximate surface area is 122 Å². The Morgan fingerprint density at radius 1 is 0.867 bits per heavy atom. The van der Waals surface area contributed by atoms with Gasteiger partial charge in [-0.15, -0.1) is 12.2 Å². The van der Waals surface area contributed by atoms with Crippen molar-refractivity contribution in [1.29, 1.82) is 0 Å². The van der Waals surface area contributed by atoms with E-state index in [0.717, 1.165) is 6.42 Å². The van der Waals surface area contributed by atoms with Gasteiger partial charge in [0.05, 0.1) is 0 Å². The first-order chi connectivity index (χ1) is 6.77. The van der Waals surface area contributed by atoms with Crippen molar-refractivity contribution in [3.8, 4) is 0 Å². The van der Waals surface area contributed by atoms with Crippen molar-refractivity contribution in [1.82, 2.24) is 0 Å². The van der Waals surface area contributed by atoms with Crippen LogP contribution in [-0.2, 0) is 0 Å². The van der Waals surface area contributed by atoms with Gasteiger partial charge in [0.25, 0.3) is 0 Å². The van der Waals surface area contributed by atoms with E-state index in [4.69, 9.17) is 0 Å². The number of unbranched alkanes of at least 4 members (excludes halogenated alkanes) is 8. The minimum atomic E-state index is -0.0760. The van der Waals surface area contributed by atoms with E-state index in [0.29, 0.717) is 6.42 Å². The van der Waals surface area contributed by atoms with Crippen molar-refractivity contribution < 1.29 is 34.7 Å². The molecule has 0 aliphatic heterocycles. The Bertz CT molecular complexity index is 140. The molecule has 0 heterocycles. The molecular weight excluding hydrogens is 215 g/mol. The molecular formula is C12H23NaOS. The van der Waals surface area contributed by atoms with E-state index in [9.17, 15) is 5.11 Å². The summed E-state index contributed by atoms with van der Waals surface area (Å²) in [6.45, 7) is 2.24. The zero-order valence-corrected chi connectivity index (χ0v) is 13.2. The Morgan fingerprint density at radius 2 is 1.27 bits per heavy atom. The summed E-state index contributed by atoms with van der Waals surface area (Å²) < 4.78 is 0. The van der Waals surface area contributed by atoms with E-state index in [1.165, 1.54) is 51.4 Å². The van der Waals surface area contributed by atoms with Gasteiger partial charge in [-0.05, 0) is 12.8 Å². The van der Waals surface area contributed by atoms with Gasteiger partial charge < -0.3 is 5.11 Å². The van der Waals surface area contributed by atoms with Crippen LogP contribution in [-0.4, -0.2) is 5.05 Å². The molecule has 0 saturated heterocycles. The largest absolute Gasteiger partial charge is 1.00 e. The Hall–Kier alpha value is 0.890. The molecule has 0 rings (SSSR count). The van der Waals surface area contributed by atoms with Crippen molar-refractivity contribution in [3.63, 3.8) is 0 Å². The van der Waals surface area contributed by atoms with Crippen LogP contribution < -0.4 is 34.7 Å². The van der Waals surface area contributed by atoms with Crippen LogP contribution >= 0.6 is 12.2 Å². The molecule has 1 nitrogen and oxygen atoms in total. The van der Waals surface area contributed by atoms with Gasteiger partial charge in [0.1, 0.15) is 0 Å². The van der Waals surface area contributed by atoms with Crippen LogP contribution in [0.5, 0.6) is 0 Å². The van der Waals surface area contributed by atoms with Crippen molar-refractivity contribution >= 4 is 17.3 Å². The van der Waals surface area contributed by atoms with Crippen LogP contribution in [0.25, 0.3) is 0 Å². The molecule has 0 saturated carbocycles. The van der Waals surface area contributed by atoms with E-state index in [-0.39, 0.29) is 34.6 Å². The third-order valence-corrected chi connectivity index (χ3v) is 2.69. The second kappa shape index (κ2) is 14.9. The fourth-order valence-corrected chi connectivity index (χ4v) is 1.72. The summed E-state index contributed by atoms with van der Waals surface area (Å²) in [5, 5.41) is 10.4. The minimum absolute atomic E-state index is 0. The topological polar surface area (TPSA) is 23.1 Å². The molecule has 0 bridgehead atoms. The van der Waals surface area contributed by atoms with Crippen LogP contribution in [0.2, 0.25) is 0 Å². The first-order valence-corrected chi connectivity index (χ1v) is 6.38. The molecule has 0 N–H and O–H groups in total. The van der Waals surface area contributed by atoms with Gasteiger partial charge in [-0.2, -0.15) is 0 Å². The second-order valence-electron chi connectivity index (χ2n) is 3.95. The van der Waals surface area contributed by atoms with Crippen molar-refractivity contribution in [3.05, 3.63) is 0 Å². The fraction of sp³-hybridized carbons (Fsp3) is 0.917. The molecule has 0 amide bonds.